The highest BCUT2D eigenvalue weighted by Gasteiger charge is 2.32. The van der Waals surface area contributed by atoms with Crippen molar-refractivity contribution < 1.29 is 23.8 Å². The normalized spacial score (nSPS) is 19.3. The first-order chi connectivity index (χ1) is 18.3. The van der Waals surface area contributed by atoms with Gasteiger partial charge in [0.1, 0.15) is 12.3 Å². The second-order valence-electron chi connectivity index (χ2n) is 9.58. The SMILES string of the molecule is C=C(C)[C@@H]1CC=C(Cn2cc(COc3ccc(C4NC(=O)NC(C)=C4C(=O)OCC)cc3OC)nn2)CC1. The number of hydrogen-bond acceptors (Lipinski definition) is 7. The fraction of sp³-hybridized carbons (Fsp3) is 0.429. The monoisotopic (exact) mass is 521 g/mol. The molecule has 38 heavy (non-hydrogen) atoms. The molecule has 1 unspecified atom stereocenters. The van der Waals surface area contributed by atoms with E-state index in [9.17, 15) is 9.59 Å². The number of amides is 2. The minimum absolute atomic E-state index is 0.212. The summed E-state index contributed by atoms with van der Waals surface area (Å²) in [5.74, 6) is 1.04. The average Bonchev–Trinajstić information content (AvgIpc) is 3.34. The second-order valence-corrected chi connectivity index (χ2v) is 9.58. The van der Waals surface area contributed by atoms with Crippen molar-refractivity contribution in [1.82, 2.24) is 25.6 Å². The van der Waals surface area contributed by atoms with Crippen LogP contribution in [0.5, 0.6) is 11.5 Å². The van der Waals surface area contributed by atoms with Gasteiger partial charge in [0, 0.05) is 5.70 Å². The number of methoxy groups -OCH3 is 1. The number of nitrogens with zero attached hydrogens (tertiary/aromatic N) is 3. The van der Waals surface area contributed by atoms with Crippen LogP contribution in [0.1, 0.15) is 57.3 Å². The number of allylic oxidation sites excluding steroid dienone is 4. The molecule has 2 atom stereocenters. The van der Waals surface area contributed by atoms with Gasteiger partial charge in [-0.15, -0.1) is 5.10 Å². The number of hydrogen-bond donors (Lipinski definition) is 2. The number of rotatable bonds is 10. The largest absolute Gasteiger partial charge is 0.493 e. The van der Waals surface area contributed by atoms with E-state index in [1.807, 2.05) is 10.9 Å². The molecule has 1 aromatic carbocycles. The first-order valence-electron chi connectivity index (χ1n) is 12.8. The molecule has 202 valence electrons. The first-order valence-corrected chi connectivity index (χ1v) is 12.8. The maximum absolute atomic E-state index is 12.6. The van der Waals surface area contributed by atoms with E-state index in [2.05, 4.69) is 40.5 Å². The Hall–Kier alpha value is -4.08. The van der Waals surface area contributed by atoms with Gasteiger partial charge in [0.05, 0.1) is 38.1 Å². The molecule has 2 aliphatic rings. The Morgan fingerprint density at radius 1 is 1.29 bits per heavy atom. The third-order valence-electron chi connectivity index (χ3n) is 6.81. The van der Waals surface area contributed by atoms with Crippen LogP contribution in [-0.4, -0.2) is 40.7 Å². The number of ether oxygens (including phenoxy) is 3. The molecule has 2 heterocycles. The number of aromatic nitrogens is 3. The molecule has 2 aromatic rings. The zero-order valence-corrected chi connectivity index (χ0v) is 22.4. The van der Waals surface area contributed by atoms with Crippen molar-refractivity contribution in [3.8, 4) is 11.5 Å². The van der Waals surface area contributed by atoms with Crippen LogP contribution >= 0.6 is 0 Å². The van der Waals surface area contributed by atoms with Crippen molar-refractivity contribution >= 4 is 12.0 Å². The Morgan fingerprint density at radius 3 is 2.79 bits per heavy atom. The van der Waals surface area contributed by atoms with Crippen LogP contribution in [0.4, 0.5) is 4.79 Å². The Balaban J connectivity index is 1.43. The van der Waals surface area contributed by atoms with E-state index in [4.69, 9.17) is 14.2 Å². The lowest BCUT2D eigenvalue weighted by Gasteiger charge is -2.28. The Morgan fingerprint density at radius 2 is 2.11 bits per heavy atom. The third kappa shape index (κ3) is 6.24. The van der Waals surface area contributed by atoms with Gasteiger partial charge in [-0.25, -0.2) is 14.3 Å². The molecule has 1 aliphatic heterocycles. The minimum atomic E-state index is -0.689. The summed E-state index contributed by atoms with van der Waals surface area (Å²) >= 11 is 0. The number of urea groups is 1. The maximum atomic E-state index is 12.6. The molecule has 1 aromatic heterocycles. The van der Waals surface area contributed by atoms with E-state index in [-0.39, 0.29) is 13.2 Å². The van der Waals surface area contributed by atoms with Crippen LogP contribution in [-0.2, 0) is 22.7 Å². The Kier molecular flexibility index (Phi) is 8.50. The number of carbonyl (C=O) groups is 2. The third-order valence-corrected chi connectivity index (χ3v) is 6.81. The molecule has 1 aliphatic carbocycles. The number of esters is 1. The van der Waals surface area contributed by atoms with Crippen molar-refractivity contribution in [2.75, 3.05) is 13.7 Å². The summed E-state index contributed by atoms with van der Waals surface area (Å²) < 4.78 is 18.6. The zero-order chi connectivity index (χ0) is 27.2. The molecule has 0 spiro atoms. The van der Waals surface area contributed by atoms with Gasteiger partial charge >= 0.3 is 12.0 Å². The molecule has 0 bridgehead atoms. The average molecular weight is 522 g/mol. The van der Waals surface area contributed by atoms with Crippen molar-refractivity contribution in [3.63, 3.8) is 0 Å². The first kappa shape index (κ1) is 27.0. The standard InChI is InChI=1S/C28H35N5O5/c1-6-37-27(34)25-18(4)29-28(35)30-26(25)21-11-12-23(24(13-21)36-5)38-16-22-15-33(32-31-22)14-19-7-9-20(10-8-19)17(2)3/h7,11-13,15,20,26H,2,6,8-10,14,16H2,1,3-5H3,(H2,29,30,35)/t20-,26?/m1/s1. The molecule has 2 N–H and O–H groups in total. The van der Waals surface area contributed by atoms with E-state index < -0.39 is 18.0 Å². The van der Waals surface area contributed by atoms with Gasteiger partial charge in [-0.05, 0) is 63.6 Å². The topological polar surface area (TPSA) is 117 Å². The van der Waals surface area contributed by atoms with Gasteiger partial charge in [-0.1, -0.05) is 35.1 Å². The molecule has 0 saturated carbocycles. The lowest BCUT2D eigenvalue weighted by Crippen LogP contribution is -2.45. The molecular weight excluding hydrogens is 486 g/mol. The van der Waals surface area contributed by atoms with E-state index in [0.717, 1.165) is 19.3 Å². The zero-order valence-electron chi connectivity index (χ0n) is 22.4. The summed E-state index contributed by atoms with van der Waals surface area (Å²) in [6, 6.07) is 4.18. The van der Waals surface area contributed by atoms with Gasteiger partial charge in [0.25, 0.3) is 0 Å². The van der Waals surface area contributed by atoms with Gasteiger partial charge in [0.15, 0.2) is 11.5 Å². The van der Waals surface area contributed by atoms with Gasteiger partial charge in [-0.2, -0.15) is 0 Å². The summed E-state index contributed by atoms with van der Waals surface area (Å²) in [6.07, 6.45) is 7.37. The van der Waals surface area contributed by atoms with Gasteiger partial charge in [0.2, 0.25) is 0 Å². The van der Waals surface area contributed by atoms with E-state index in [1.165, 1.54) is 18.3 Å². The fourth-order valence-electron chi connectivity index (χ4n) is 4.73. The fourth-order valence-corrected chi connectivity index (χ4v) is 4.73. The minimum Gasteiger partial charge on any atom is -0.493 e. The van der Waals surface area contributed by atoms with Crippen LogP contribution in [0, 0.1) is 5.92 Å². The molecule has 4 rings (SSSR count). The highest BCUT2D eigenvalue weighted by atomic mass is 16.5. The van der Waals surface area contributed by atoms with Crippen LogP contribution in [0.3, 0.4) is 0 Å². The lowest BCUT2D eigenvalue weighted by molar-refractivity contribution is -0.139. The molecule has 0 saturated heterocycles. The van der Waals surface area contributed by atoms with Crippen molar-refractivity contribution in [2.24, 2.45) is 5.92 Å². The molecule has 0 radical (unpaired) electrons. The van der Waals surface area contributed by atoms with Gasteiger partial charge in [-0.3, -0.25) is 0 Å². The van der Waals surface area contributed by atoms with Crippen LogP contribution in [0.2, 0.25) is 0 Å². The molecular formula is C28H35N5O5. The van der Waals surface area contributed by atoms with Crippen LogP contribution in [0.15, 0.2) is 59.5 Å². The predicted octanol–water partition coefficient (Wildman–Crippen LogP) is 4.36. The van der Waals surface area contributed by atoms with Crippen molar-refractivity contribution in [3.05, 3.63) is 70.7 Å². The van der Waals surface area contributed by atoms with Crippen molar-refractivity contribution in [2.45, 2.75) is 59.2 Å². The second kappa shape index (κ2) is 12.0. The number of benzene rings is 1. The maximum Gasteiger partial charge on any atom is 0.338 e. The Labute approximate surface area is 222 Å². The summed E-state index contributed by atoms with van der Waals surface area (Å²) in [7, 11) is 1.53. The molecule has 10 heteroatoms. The molecule has 0 fully saturated rings. The van der Waals surface area contributed by atoms with Crippen LogP contribution in [0.25, 0.3) is 0 Å². The highest BCUT2D eigenvalue weighted by Crippen LogP contribution is 2.35. The molecule has 2 amide bonds. The summed E-state index contributed by atoms with van der Waals surface area (Å²) in [4.78, 5) is 24.7. The summed E-state index contributed by atoms with van der Waals surface area (Å²) in [5, 5.41) is 13.9. The number of nitrogens with one attached hydrogen (secondary N) is 2. The van der Waals surface area contributed by atoms with Crippen LogP contribution < -0.4 is 20.1 Å². The quantitative estimate of drug-likeness (QED) is 0.352. The van der Waals surface area contributed by atoms with Gasteiger partial charge < -0.3 is 24.8 Å². The van der Waals surface area contributed by atoms with E-state index >= 15 is 0 Å². The summed E-state index contributed by atoms with van der Waals surface area (Å²) in [6.45, 7) is 10.7. The smallest absolute Gasteiger partial charge is 0.338 e. The predicted molar refractivity (Wildman–Crippen MR) is 141 cm³/mol. The lowest BCUT2D eigenvalue weighted by atomic mass is 9.85. The summed E-state index contributed by atoms with van der Waals surface area (Å²) in [5.41, 5.74) is 4.73. The van der Waals surface area contributed by atoms with E-state index in [0.29, 0.717) is 46.5 Å². The Bertz CT molecular complexity index is 1280. The molecule has 10 nitrogen and oxygen atoms in total. The van der Waals surface area contributed by atoms with Crippen molar-refractivity contribution in [1.29, 1.82) is 0 Å². The highest BCUT2D eigenvalue weighted by molar-refractivity contribution is 5.95. The number of carbonyl (C=O) groups excluding carboxylic acids is 2. The van der Waals surface area contributed by atoms with E-state index in [1.54, 1.807) is 32.0 Å².